The van der Waals surface area contributed by atoms with Crippen molar-refractivity contribution in [3.05, 3.63) is 23.3 Å². The second kappa shape index (κ2) is 5.51. The molecule has 2 N–H and O–H groups in total. The fraction of sp³-hybridized carbons (Fsp3) is 0.533. The highest BCUT2D eigenvalue weighted by Crippen LogP contribution is 2.31. The van der Waals surface area contributed by atoms with Gasteiger partial charge in [-0.3, -0.25) is 5.32 Å². The maximum Gasteiger partial charge on any atom is 0.412 e. The van der Waals surface area contributed by atoms with Crippen molar-refractivity contribution in [2.45, 2.75) is 53.1 Å². The molecule has 0 aliphatic heterocycles. The van der Waals surface area contributed by atoms with Crippen LogP contribution in [-0.4, -0.2) is 16.8 Å². The van der Waals surface area contributed by atoms with Gasteiger partial charge in [-0.1, -0.05) is 13.8 Å². The van der Waals surface area contributed by atoms with Crippen LogP contribution in [-0.2, 0) is 4.74 Å². The Morgan fingerprint density at radius 2 is 1.89 bits per heavy atom. The third kappa shape index (κ3) is 4.47. The Balaban J connectivity index is 2.95. The molecule has 0 bridgehead atoms. The molecule has 1 aromatic rings. The summed E-state index contributed by atoms with van der Waals surface area (Å²) in [6, 6.07) is 3.45. The van der Waals surface area contributed by atoms with E-state index in [2.05, 4.69) is 5.32 Å². The third-order valence-electron chi connectivity index (χ3n) is 2.63. The fourth-order valence-corrected chi connectivity index (χ4v) is 1.72. The van der Waals surface area contributed by atoms with Crippen molar-refractivity contribution in [3.8, 4) is 5.75 Å². The smallest absolute Gasteiger partial charge is 0.412 e. The minimum Gasteiger partial charge on any atom is -0.508 e. The van der Waals surface area contributed by atoms with Crippen molar-refractivity contribution in [2.75, 3.05) is 5.32 Å². The van der Waals surface area contributed by atoms with Gasteiger partial charge in [0, 0.05) is 5.69 Å². The van der Waals surface area contributed by atoms with Crippen molar-refractivity contribution >= 4 is 11.8 Å². The van der Waals surface area contributed by atoms with Crippen LogP contribution in [0.4, 0.5) is 10.5 Å². The number of carbonyl (C=O) groups is 1. The average Bonchev–Trinajstić information content (AvgIpc) is 2.18. The van der Waals surface area contributed by atoms with Gasteiger partial charge in [-0.05, 0) is 56.9 Å². The number of rotatable bonds is 2. The molecule has 0 aliphatic rings. The first-order valence-electron chi connectivity index (χ1n) is 6.43. The van der Waals surface area contributed by atoms with Gasteiger partial charge in [0.15, 0.2) is 0 Å². The van der Waals surface area contributed by atoms with Gasteiger partial charge in [0.25, 0.3) is 0 Å². The molecule has 0 unspecified atom stereocenters. The average molecular weight is 265 g/mol. The molecule has 0 saturated carbocycles. The van der Waals surface area contributed by atoms with E-state index in [1.165, 1.54) is 0 Å². The van der Waals surface area contributed by atoms with E-state index in [1.807, 2.05) is 41.5 Å². The van der Waals surface area contributed by atoms with Crippen LogP contribution in [0.15, 0.2) is 12.1 Å². The van der Waals surface area contributed by atoms with Crippen LogP contribution in [0.1, 0.15) is 51.7 Å². The zero-order valence-electron chi connectivity index (χ0n) is 12.5. The molecule has 0 aromatic heterocycles. The second-order valence-corrected chi connectivity index (χ2v) is 6.01. The summed E-state index contributed by atoms with van der Waals surface area (Å²) in [7, 11) is 0. The normalized spacial score (nSPS) is 11.5. The second-order valence-electron chi connectivity index (χ2n) is 6.01. The minimum absolute atomic E-state index is 0.180. The standard InChI is InChI=1S/C15H23NO3/c1-9(2)11-8-12(10(3)7-13(11)17)16-14(18)19-15(4,5)6/h7-9,17H,1-6H3,(H,16,18). The predicted molar refractivity (Wildman–Crippen MR) is 76.8 cm³/mol. The summed E-state index contributed by atoms with van der Waals surface area (Å²) in [5.74, 6) is 0.432. The molecule has 0 aliphatic carbocycles. The van der Waals surface area contributed by atoms with Crippen LogP contribution in [0, 0.1) is 6.92 Å². The molecule has 0 spiro atoms. The Hall–Kier alpha value is -1.71. The predicted octanol–water partition coefficient (Wildman–Crippen LogP) is 4.17. The van der Waals surface area contributed by atoms with Crippen LogP contribution in [0.2, 0.25) is 0 Å². The number of amides is 1. The molecule has 0 saturated heterocycles. The van der Waals surface area contributed by atoms with Crippen LogP contribution in [0.5, 0.6) is 5.75 Å². The highest BCUT2D eigenvalue weighted by molar-refractivity contribution is 5.86. The topological polar surface area (TPSA) is 58.6 Å². The fourth-order valence-electron chi connectivity index (χ4n) is 1.72. The van der Waals surface area contributed by atoms with Gasteiger partial charge in [-0.2, -0.15) is 0 Å². The number of aromatic hydroxyl groups is 1. The zero-order valence-corrected chi connectivity index (χ0v) is 12.5. The zero-order chi connectivity index (χ0) is 14.8. The number of phenols is 1. The number of anilines is 1. The molecule has 4 nitrogen and oxygen atoms in total. The largest absolute Gasteiger partial charge is 0.508 e. The van der Waals surface area contributed by atoms with E-state index in [9.17, 15) is 9.90 Å². The first kappa shape index (κ1) is 15.3. The number of phenolic OH excluding ortho intramolecular Hbond substituents is 1. The summed E-state index contributed by atoms with van der Waals surface area (Å²) in [6.07, 6.45) is -0.490. The van der Waals surface area contributed by atoms with Gasteiger partial charge in [-0.25, -0.2) is 4.79 Å². The van der Waals surface area contributed by atoms with Crippen LogP contribution < -0.4 is 5.32 Å². The van der Waals surface area contributed by atoms with Gasteiger partial charge < -0.3 is 9.84 Å². The SMILES string of the molecule is Cc1cc(O)c(C(C)C)cc1NC(=O)OC(C)(C)C. The van der Waals surface area contributed by atoms with E-state index in [0.717, 1.165) is 11.1 Å². The van der Waals surface area contributed by atoms with Gasteiger partial charge in [0.2, 0.25) is 0 Å². The lowest BCUT2D eigenvalue weighted by atomic mass is 9.99. The van der Waals surface area contributed by atoms with Crippen LogP contribution >= 0.6 is 0 Å². The van der Waals surface area contributed by atoms with E-state index in [-0.39, 0.29) is 11.7 Å². The summed E-state index contributed by atoms with van der Waals surface area (Å²) >= 11 is 0. The van der Waals surface area contributed by atoms with Crippen molar-refractivity contribution < 1.29 is 14.6 Å². The monoisotopic (exact) mass is 265 g/mol. The number of carbonyl (C=O) groups excluding carboxylic acids is 1. The van der Waals surface area contributed by atoms with Crippen molar-refractivity contribution in [3.63, 3.8) is 0 Å². The lowest BCUT2D eigenvalue weighted by molar-refractivity contribution is 0.0635. The summed E-state index contributed by atoms with van der Waals surface area (Å²) in [5.41, 5.74) is 1.73. The molecule has 0 fully saturated rings. The van der Waals surface area contributed by atoms with E-state index in [1.54, 1.807) is 12.1 Å². The molecular formula is C15H23NO3. The molecule has 1 amide bonds. The van der Waals surface area contributed by atoms with Gasteiger partial charge >= 0.3 is 6.09 Å². The summed E-state index contributed by atoms with van der Waals surface area (Å²) in [5, 5.41) is 12.6. The molecule has 19 heavy (non-hydrogen) atoms. The van der Waals surface area contributed by atoms with E-state index in [4.69, 9.17) is 4.74 Å². The lowest BCUT2D eigenvalue weighted by Gasteiger charge is -2.21. The number of ether oxygens (including phenoxy) is 1. The lowest BCUT2D eigenvalue weighted by Crippen LogP contribution is -2.27. The number of nitrogens with one attached hydrogen (secondary N) is 1. The summed E-state index contributed by atoms with van der Waals surface area (Å²) < 4.78 is 5.21. The molecule has 0 radical (unpaired) electrons. The molecular weight excluding hydrogens is 242 g/mol. The Bertz CT molecular complexity index is 473. The maximum atomic E-state index is 11.8. The number of aryl methyl sites for hydroxylation is 1. The number of hydrogen-bond acceptors (Lipinski definition) is 3. The molecule has 4 heteroatoms. The van der Waals surface area contributed by atoms with Crippen molar-refractivity contribution in [1.29, 1.82) is 0 Å². The van der Waals surface area contributed by atoms with Crippen molar-refractivity contribution in [2.24, 2.45) is 0 Å². The Morgan fingerprint density at radius 3 is 2.37 bits per heavy atom. The summed E-state index contributed by atoms with van der Waals surface area (Å²) in [4.78, 5) is 11.8. The molecule has 0 atom stereocenters. The van der Waals surface area contributed by atoms with E-state index < -0.39 is 11.7 Å². The Kier molecular flexibility index (Phi) is 4.45. The Labute approximate surface area is 114 Å². The molecule has 0 heterocycles. The Morgan fingerprint density at radius 1 is 1.32 bits per heavy atom. The first-order chi connectivity index (χ1) is 8.60. The maximum absolute atomic E-state index is 11.8. The van der Waals surface area contributed by atoms with Gasteiger partial charge in [-0.15, -0.1) is 0 Å². The van der Waals surface area contributed by atoms with Crippen LogP contribution in [0.25, 0.3) is 0 Å². The van der Waals surface area contributed by atoms with Gasteiger partial charge in [0.1, 0.15) is 11.4 Å². The first-order valence-corrected chi connectivity index (χ1v) is 6.43. The van der Waals surface area contributed by atoms with Crippen molar-refractivity contribution in [1.82, 2.24) is 0 Å². The molecule has 1 aromatic carbocycles. The third-order valence-corrected chi connectivity index (χ3v) is 2.63. The van der Waals surface area contributed by atoms with E-state index in [0.29, 0.717) is 5.69 Å². The van der Waals surface area contributed by atoms with Gasteiger partial charge in [0.05, 0.1) is 0 Å². The number of benzene rings is 1. The number of hydrogen-bond donors (Lipinski definition) is 2. The van der Waals surface area contributed by atoms with E-state index >= 15 is 0 Å². The minimum atomic E-state index is -0.532. The summed E-state index contributed by atoms with van der Waals surface area (Å²) in [6.45, 7) is 11.3. The quantitative estimate of drug-likeness (QED) is 0.789. The molecule has 106 valence electrons. The highest BCUT2D eigenvalue weighted by Gasteiger charge is 2.18. The van der Waals surface area contributed by atoms with Crippen LogP contribution in [0.3, 0.4) is 0 Å². The highest BCUT2D eigenvalue weighted by atomic mass is 16.6. The molecule has 1 rings (SSSR count).